The van der Waals surface area contributed by atoms with Gasteiger partial charge in [-0.2, -0.15) is 0 Å². The van der Waals surface area contributed by atoms with Crippen LogP contribution in [-0.4, -0.2) is 32.4 Å². The number of hydrogen-bond acceptors (Lipinski definition) is 5. The molecule has 0 bridgehead atoms. The molecule has 1 fully saturated rings. The van der Waals surface area contributed by atoms with E-state index in [0.717, 1.165) is 5.56 Å². The lowest BCUT2D eigenvalue weighted by molar-refractivity contribution is -0.124. The van der Waals surface area contributed by atoms with Crippen LogP contribution in [0.5, 0.6) is 0 Å². The molecule has 0 saturated carbocycles. The summed E-state index contributed by atoms with van der Waals surface area (Å²) >= 11 is 0. The molecule has 0 spiro atoms. The number of aromatic nitrogens is 4. The van der Waals surface area contributed by atoms with Crippen molar-refractivity contribution in [3.63, 3.8) is 0 Å². The molecule has 1 atom stereocenters. The third kappa shape index (κ3) is 1.78. The number of anilines is 1. The molecule has 1 amide bonds. The molecular formula is C12H14N6O. The van der Waals surface area contributed by atoms with Gasteiger partial charge in [0.25, 0.3) is 5.91 Å². The summed E-state index contributed by atoms with van der Waals surface area (Å²) in [7, 11) is 0. The van der Waals surface area contributed by atoms with Gasteiger partial charge in [0.2, 0.25) is 0 Å². The summed E-state index contributed by atoms with van der Waals surface area (Å²) in [6.07, 6.45) is 4.93. The van der Waals surface area contributed by atoms with Gasteiger partial charge in [-0.25, -0.2) is 20.1 Å². The molecule has 0 radical (unpaired) electrons. The van der Waals surface area contributed by atoms with Crippen molar-refractivity contribution >= 4 is 11.7 Å². The first-order valence-electron chi connectivity index (χ1n) is 5.99. The summed E-state index contributed by atoms with van der Waals surface area (Å²) in [5, 5.41) is 9.15. The first-order chi connectivity index (χ1) is 9.11. The maximum absolute atomic E-state index is 12.6. The van der Waals surface area contributed by atoms with Crippen LogP contribution in [0.2, 0.25) is 0 Å². The van der Waals surface area contributed by atoms with E-state index in [-0.39, 0.29) is 5.91 Å². The highest BCUT2D eigenvalue weighted by Crippen LogP contribution is 2.25. The third-order valence-corrected chi connectivity index (χ3v) is 3.30. The van der Waals surface area contributed by atoms with E-state index in [1.165, 1.54) is 5.01 Å². The predicted octanol–water partition coefficient (Wildman–Crippen LogP) is 0.248. The summed E-state index contributed by atoms with van der Waals surface area (Å²) < 4.78 is 1.57. The maximum atomic E-state index is 12.6. The molecule has 2 aromatic heterocycles. The molecule has 3 rings (SSSR count). The van der Waals surface area contributed by atoms with Crippen LogP contribution in [0.1, 0.15) is 12.5 Å². The first kappa shape index (κ1) is 11.8. The fraction of sp³-hybridized carbons (Fsp3) is 0.333. The minimum absolute atomic E-state index is 0.101. The topological polar surface area (TPSA) is 75.9 Å². The molecule has 1 unspecified atom stereocenters. The summed E-state index contributed by atoms with van der Waals surface area (Å²) in [6, 6.07) is 3.75. The van der Waals surface area contributed by atoms with Crippen molar-refractivity contribution in [2.24, 2.45) is 0 Å². The zero-order valence-electron chi connectivity index (χ0n) is 10.7. The Kier molecular flexibility index (Phi) is 2.56. The second-order valence-electron chi connectivity index (χ2n) is 4.79. The Hall–Kier alpha value is -2.28. The minimum atomic E-state index is -0.776. The zero-order valence-corrected chi connectivity index (χ0v) is 10.7. The largest absolute Gasteiger partial charge is 0.271 e. The number of aryl methyl sites for hydroxylation is 1. The van der Waals surface area contributed by atoms with Crippen LogP contribution in [0.4, 0.5) is 5.82 Å². The molecule has 1 aliphatic heterocycles. The van der Waals surface area contributed by atoms with Gasteiger partial charge in [0.15, 0.2) is 5.54 Å². The summed E-state index contributed by atoms with van der Waals surface area (Å²) in [5.41, 5.74) is 3.34. The number of hydrogen-bond donors (Lipinski definition) is 1. The quantitative estimate of drug-likeness (QED) is 0.835. The van der Waals surface area contributed by atoms with Gasteiger partial charge in [-0.15, -0.1) is 5.10 Å². The van der Waals surface area contributed by atoms with E-state index < -0.39 is 5.54 Å². The molecular weight excluding hydrogens is 244 g/mol. The van der Waals surface area contributed by atoms with Gasteiger partial charge in [0.1, 0.15) is 5.82 Å². The van der Waals surface area contributed by atoms with Crippen LogP contribution in [0, 0.1) is 6.92 Å². The molecule has 19 heavy (non-hydrogen) atoms. The van der Waals surface area contributed by atoms with Gasteiger partial charge in [-0.1, -0.05) is 5.21 Å². The van der Waals surface area contributed by atoms with Crippen molar-refractivity contribution < 1.29 is 4.79 Å². The molecule has 1 saturated heterocycles. The second kappa shape index (κ2) is 4.13. The van der Waals surface area contributed by atoms with Crippen molar-refractivity contribution in [3.05, 3.63) is 36.3 Å². The van der Waals surface area contributed by atoms with Crippen LogP contribution >= 0.6 is 0 Å². The summed E-state index contributed by atoms with van der Waals surface area (Å²) in [5.74, 6) is 0.491. The van der Waals surface area contributed by atoms with Crippen molar-refractivity contribution in [2.45, 2.75) is 19.4 Å². The third-order valence-electron chi connectivity index (χ3n) is 3.30. The molecule has 3 heterocycles. The number of hydrazine groups is 1. The van der Waals surface area contributed by atoms with Crippen molar-refractivity contribution in [2.75, 3.05) is 11.6 Å². The lowest BCUT2D eigenvalue weighted by Gasteiger charge is -2.21. The normalized spacial score (nSPS) is 23.1. The SMILES string of the molecule is Cc1ccnc(N2NCC(C)(n3ccnn3)C2=O)c1. The number of amides is 1. The highest BCUT2D eigenvalue weighted by atomic mass is 16.2. The van der Waals surface area contributed by atoms with E-state index in [1.807, 2.05) is 26.0 Å². The van der Waals surface area contributed by atoms with E-state index in [9.17, 15) is 4.79 Å². The molecule has 2 aromatic rings. The maximum Gasteiger partial charge on any atom is 0.271 e. The van der Waals surface area contributed by atoms with E-state index >= 15 is 0 Å². The van der Waals surface area contributed by atoms with Gasteiger partial charge in [-0.05, 0) is 31.5 Å². The smallest absolute Gasteiger partial charge is 0.270 e. The highest BCUT2D eigenvalue weighted by Gasteiger charge is 2.46. The van der Waals surface area contributed by atoms with Gasteiger partial charge in [0.05, 0.1) is 6.20 Å². The molecule has 1 N–H and O–H groups in total. The Morgan fingerprint density at radius 1 is 1.42 bits per heavy atom. The molecule has 98 valence electrons. The van der Waals surface area contributed by atoms with Gasteiger partial charge < -0.3 is 0 Å². The van der Waals surface area contributed by atoms with Crippen LogP contribution in [-0.2, 0) is 10.3 Å². The Bertz CT molecular complexity index is 610. The first-order valence-corrected chi connectivity index (χ1v) is 5.99. The van der Waals surface area contributed by atoms with E-state index in [2.05, 4.69) is 20.7 Å². The van der Waals surface area contributed by atoms with Gasteiger partial charge in [-0.3, -0.25) is 4.79 Å². The second-order valence-corrected chi connectivity index (χ2v) is 4.79. The Morgan fingerprint density at radius 2 is 2.26 bits per heavy atom. The fourth-order valence-electron chi connectivity index (χ4n) is 2.10. The summed E-state index contributed by atoms with van der Waals surface area (Å²) in [4.78, 5) is 16.8. The number of pyridine rings is 1. The van der Waals surface area contributed by atoms with E-state index in [0.29, 0.717) is 12.4 Å². The van der Waals surface area contributed by atoms with Crippen LogP contribution < -0.4 is 10.4 Å². The Morgan fingerprint density at radius 3 is 2.95 bits per heavy atom. The number of carbonyl (C=O) groups excluding carboxylic acids is 1. The fourth-order valence-corrected chi connectivity index (χ4v) is 2.10. The van der Waals surface area contributed by atoms with E-state index in [1.54, 1.807) is 23.3 Å². The standard InChI is InChI=1S/C12H14N6O/c1-9-3-4-13-10(7-9)18-11(19)12(2,8-15-18)17-6-5-14-16-17/h3-7,15H,8H2,1-2H3. The number of rotatable bonds is 2. The number of nitrogens with one attached hydrogen (secondary N) is 1. The van der Waals surface area contributed by atoms with Crippen molar-refractivity contribution in [1.82, 2.24) is 25.4 Å². The van der Waals surface area contributed by atoms with Crippen LogP contribution in [0.3, 0.4) is 0 Å². The monoisotopic (exact) mass is 258 g/mol. The molecule has 0 aromatic carbocycles. The zero-order chi connectivity index (χ0) is 13.5. The van der Waals surface area contributed by atoms with Crippen molar-refractivity contribution in [3.8, 4) is 0 Å². The van der Waals surface area contributed by atoms with Crippen LogP contribution in [0.15, 0.2) is 30.7 Å². The molecule has 0 aliphatic carbocycles. The Balaban J connectivity index is 1.95. The highest BCUT2D eigenvalue weighted by molar-refractivity contribution is 5.99. The molecule has 1 aliphatic rings. The lowest BCUT2D eigenvalue weighted by Crippen LogP contribution is -2.42. The van der Waals surface area contributed by atoms with E-state index in [4.69, 9.17) is 0 Å². The average molecular weight is 258 g/mol. The number of carbonyl (C=O) groups is 1. The minimum Gasteiger partial charge on any atom is -0.270 e. The van der Waals surface area contributed by atoms with Gasteiger partial charge in [0, 0.05) is 18.9 Å². The number of nitrogens with zero attached hydrogens (tertiary/aromatic N) is 5. The average Bonchev–Trinajstić information content (AvgIpc) is 3.01. The summed E-state index contributed by atoms with van der Waals surface area (Å²) in [6.45, 7) is 4.24. The lowest BCUT2D eigenvalue weighted by atomic mass is 10.0. The van der Waals surface area contributed by atoms with Crippen molar-refractivity contribution in [1.29, 1.82) is 0 Å². The Labute approximate surface area is 110 Å². The molecule has 7 nitrogen and oxygen atoms in total. The van der Waals surface area contributed by atoms with Crippen LogP contribution in [0.25, 0.3) is 0 Å². The molecule has 7 heteroatoms. The van der Waals surface area contributed by atoms with Gasteiger partial charge >= 0.3 is 0 Å². The predicted molar refractivity (Wildman–Crippen MR) is 68.1 cm³/mol.